The van der Waals surface area contributed by atoms with Gasteiger partial charge in [-0.3, -0.25) is 0 Å². The molecule has 1 aliphatic rings. The highest BCUT2D eigenvalue weighted by molar-refractivity contribution is 5.82. The largest absolute Gasteiger partial charge is 0.480 e. The van der Waals surface area contributed by atoms with E-state index in [1.807, 2.05) is 0 Å². The Bertz CT molecular complexity index is 320. The van der Waals surface area contributed by atoms with Crippen LogP contribution in [0.5, 0.6) is 0 Å². The summed E-state index contributed by atoms with van der Waals surface area (Å²) >= 11 is 0. The Morgan fingerprint density at radius 1 is 1.42 bits per heavy atom. The minimum Gasteiger partial charge on any atom is -0.480 e. The second-order valence-electron chi connectivity index (χ2n) is 5.46. The van der Waals surface area contributed by atoms with Gasteiger partial charge in [-0.05, 0) is 31.3 Å². The number of aliphatic carboxylic acids is 1. The molecule has 0 aromatic heterocycles. The van der Waals surface area contributed by atoms with Crippen molar-refractivity contribution in [1.82, 2.24) is 15.5 Å². The molecule has 6 nitrogen and oxygen atoms in total. The molecule has 0 aromatic carbocycles. The van der Waals surface area contributed by atoms with E-state index in [9.17, 15) is 9.59 Å². The fraction of sp³-hybridized carbons (Fsp3) is 0.846. The van der Waals surface area contributed by atoms with Crippen LogP contribution in [0.3, 0.4) is 0 Å². The zero-order valence-electron chi connectivity index (χ0n) is 12.0. The number of rotatable bonds is 6. The molecular weight excluding hydrogens is 246 g/mol. The van der Waals surface area contributed by atoms with Crippen molar-refractivity contribution in [3.05, 3.63) is 0 Å². The summed E-state index contributed by atoms with van der Waals surface area (Å²) in [5.41, 5.74) is 0. The first-order chi connectivity index (χ1) is 8.93. The second kappa shape index (κ2) is 7.33. The quantitative estimate of drug-likeness (QED) is 0.665. The van der Waals surface area contributed by atoms with Crippen LogP contribution in [-0.2, 0) is 4.79 Å². The Kier molecular flexibility index (Phi) is 6.08. The molecule has 0 bridgehead atoms. The predicted molar refractivity (Wildman–Crippen MR) is 73.0 cm³/mol. The SMILES string of the molecule is CCN1CCC(CNC(=O)N[C@H](C(=O)O)C(C)C)C1. The number of carbonyl (C=O) groups excluding carboxylic acids is 1. The van der Waals surface area contributed by atoms with Crippen LogP contribution in [0.15, 0.2) is 0 Å². The van der Waals surface area contributed by atoms with Crippen molar-refractivity contribution >= 4 is 12.0 Å². The molecule has 19 heavy (non-hydrogen) atoms. The number of likely N-dealkylation sites (tertiary alicyclic amines) is 1. The highest BCUT2D eigenvalue weighted by Crippen LogP contribution is 2.14. The zero-order chi connectivity index (χ0) is 14.4. The molecule has 2 atom stereocenters. The van der Waals surface area contributed by atoms with Crippen LogP contribution in [0, 0.1) is 11.8 Å². The van der Waals surface area contributed by atoms with Gasteiger partial charge in [-0.1, -0.05) is 20.8 Å². The number of hydrogen-bond donors (Lipinski definition) is 3. The van der Waals surface area contributed by atoms with Gasteiger partial charge in [0, 0.05) is 13.1 Å². The van der Waals surface area contributed by atoms with Crippen LogP contribution in [0.1, 0.15) is 27.2 Å². The van der Waals surface area contributed by atoms with E-state index >= 15 is 0 Å². The van der Waals surface area contributed by atoms with Crippen molar-refractivity contribution in [2.45, 2.75) is 33.2 Å². The normalized spacial score (nSPS) is 21.4. The number of hydrogen-bond acceptors (Lipinski definition) is 3. The monoisotopic (exact) mass is 271 g/mol. The minimum atomic E-state index is -0.997. The maximum absolute atomic E-state index is 11.7. The standard InChI is InChI=1S/C13H25N3O3/c1-4-16-6-5-10(8-16)7-14-13(19)15-11(9(2)3)12(17)18/h9-11H,4-8H2,1-3H3,(H,17,18)(H2,14,15,19)/t10?,11-/m0/s1. The first-order valence-electron chi connectivity index (χ1n) is 6.93. The van der Waals surface area contributed by atoms with E-state index in [1.54, 1.807) is 13.8 Å². The molecule has 2 amide bonds. The lowest BCUT2D eigenvalue weighted by atomic mass is 10.1. The van der Waals surface area contributed by atoms with E-state index in [4.69, 9.17) is 5.11 Å². The Hall–Kier alpha value is -1.30. The van der Waals surface area contributed by atoms with Gasteiger partial charge in [0.25, 0.3) is 0 Å². The molecule has 0 aliphatic carbocycles. The minimum absolute atomic E-state index is 0.134. The smallest absolute Gasteiger partial charge is 0.326 e. The average molecular weight is 271 g/mol. The number of carboxylic acids is 1. The van der Waals surface area contributed by atoms with Crippen molar-refractivity contribution < 1.29 is 14.7 Å². The lowest BCUT2D eigenvalue weighted by Crippen LogP contribution is -2.49. The van der Waals surface area contributed by atoms with Crippen molar-refractivity contribution in [2.75, 3.05) is 26.2 Å². The van der Waals surface area contributed by atoms with E-state index in [0.717, 1.165) is 26.1 Å². The molecule has 0 aromatic rings. The first kappa shape index (κ1) is 15.8. The van der Waals surface area contributed by atoms with Gasteiger partial charge in [-0.2, -0.15) is 0 Å². The summed E-state index contributed by atoms with van der Waals surface area (Å²) in [5.74, 6) is -0.665. The summed E-state index contributed by atoms with van der Waals surface area (Å²) in [5, 5.41) is 14.3. The summed E-state index contributed by atoms with van der Waals surface area (Å²) in [6, 6.07) is -1.23. The molecule has 1 aliphatic heterocycles. The maximum Gasteiger partial charge on any atom is 0.326 e. The number of carboxylic acid groups (broad SMARTS) is 1. The molecule has 0 saturated carbocycles. The number of nitrogens with one attached hydrogen (secondary N) is 2. The molecule has 3 N–H and O–H groups in total. The Morgan fingerprint density at radius 3 is 2.58 bits per heavy atom. The predicted octanol–water partition coefficient (Wildman–Crippen LogP) is 0.737. The van der Waals surface area contributed by atoms with Crippen LogP contribution >= 0.6 is 0 Å². The molecule has 1 fully saturated rings. The van der Waals surface area contributed by atoms with Gasteiger partial charge >= 0.3 is 12.0 Å². The number of urea groups is 1. The van der Waals surface area contributed by atoms with E-state index in [2.05, 4.69) is 22.5 Å². The molecule has 1 rings (SSSR count). The van der Waals surface area contributed by atoms with Crippen LogP contribution in [0.4, 0.5) is 4.79 Å². The molecule has 6 heteroatoms. The van der Waals surface area contributed by atoms with E-state index in [-0.39, 0.29) is 5.92 Å². The summed E-state index contributed by atoms with van der Waals surface area (Å²) < 4.78 is 0. The Morgan fingerprint density at radius 2 is 2.11 bits per heavy atom. The third-order valence-corrected chi connectivity index (χ3v) is 3.59. The fourth-order valence-electron chi connectivity index (χ4n) is 2.31. The zero-order valence-corrected chi connectivity index (χ0v) is 12.0. The van der Waals surface area contributed by atoms with Gasteiger partial charge in [0.2, 0.25) is 0 Å². The summed E-state index contributed by atoms with van der Waals surface area (Å²) in [4.78, 5) is 25.0. The van der Waals surface area contributed by atoms with Gasteiger partial charge in [-0.25, -0.2) is 9.59 Å². The van der Waals surface area contributed by atoms with E-state index in [1.165, 1.54) is 0 Å². The summed E-state index contributed by atoms with van der Waals surface area (Å²) in [6.07, 6.45) is 1.08. The second-order valence-corrected chi connectivity index (χ2v) is 5.46. The fourth-order valence-corrected chi connectivity index (χ4v) is 2.31. The van der Waals surface area contributed by atoms with Gasteiger partial charge < -0.3 is 20.6 Å². The molecule has 1 saturated heterocycles. The van der Waals surface area contributed by atoms with E-state index in [0.29, 0.717) is 12.5 Å². The van der Waals surface area contributed by atoms with Crippen molar-refractivity contribution in [2.24, 2.45) is 11.8 Å². The molecule has 0 spiro atoms. The van der Waals surface area contributed by atoms with Crippen LogP contribution in [0.25, 0.3) is 0 Å². The molecule has 1 heterocycles. The Balaban J connectivity index is 2.29. The summed E-state index contributed by atoms with van der Waals surface area (Å²) in [7, 11) is 0. The van der Waals surface area contributed by atoms with Gasteiger partial charge in [-0.15, -0.1) is 0 Å². The number of nitrogens with zero attached hydrogens (tertiary/aromatic N) is 1. The third-order valence-electron chi connectivity index (χ3n) is 3.59. The van der Waals surface area contributed by atoms with Crippen LogP contribution in [-0.4, -0.2) is 54.2 Å². The lowest BCUT2D eigenvalue weighted by molar-refractivity contribution is -0.140. The third kappa shape index (κ3) is 5.06. The maximum atomic E-state index is 11.7. The highest BCUT2D eigenvalue weighted by Gasteiger charge is 2.25. The van der Waals surface area contributed by atoms with Gasteiger partial charge in [0.05, 0.1) is 0 Å². The topological polar surface area (TPSA) is 81.7 Å². The van der Waals surface area contributed by atoms with Crippen LogP contribution in [0.2, 0.25) is 0 Å². The molecule has 1 unspecified atom stereocenters. The first-order valence-corrected chi connectivity index (χ1v) is 6.93. The van der Waals surface area contributed by atoms with Gasteiger partial charge in [0.1, 0.15) is 6.04 Å². The average Bonchev–Trinajstić information content (AvgIpc) is 2.80. The van der Waals surface area contributed by atoms with Crippen molar-refractivity contribution in [1.29, 1.82) is 0 Å². The van der Waals surface area contributed by atoms with Gasteiger partial charge in [0.15, 0.2) is 0 Å². The van der Waals surface area contributed by atoms with E-state index < -0.39 is 18.0 Å². The van der Waals surface area contributed by atoms with Crippen molar-refractivity contribution in [3.63, 3.8) is 0 Å². The highest BCUT2D eigenvalue weighted by atomic mass is 16.4. The number of amides is 2. The van der Waals surface area contributed by atoms with Crippen molar-refractivity contribution in [3.8, 4) is 0 Å². The number of carbonyl (C=O) groups is 2. The Labute approximate surface area is 114 Å². The van der Waals surface area contributed by atoms with Crippen LogP contribution < -0.4 is 10.6 Å². The molecule has 0 radical (unpaired) electrons. The lowest BCUT2D eigenvalue weighted by Gasteiger charge is -2.19. The summed E-state index contributed by atoms with van der Waals surface area (Å²) in [6.45, 7) is 9.40. The molecule has 110 valence electrons. The molecular formula is C13H25N3O3.